The summed E-state index contributed by atoms with van der Waals surface area (Å²) in [6, 6.07) is 42.7. The van der Waals surface area contributed by atoms with Crippen molar-refractivity contribution < 1.29 is 70.2 Å². The molecule has 12 aromatic heterocycles. The van der Waals surface area contributed by atoms with Crippen molar-refractivity contribution in [2.45, 2.75) is 130 Å². The molecule has 16 aromatic rings. The topological polar surface area (TPSA) is 467 Å². The molecule has 0 aliphatic heterocycles. The van der Waals surface area contributed by atoms with Gasteiger partial charge in [0.05, 0.1) is 46.8 Å². The molecule has 138 heavy (non-hydrogen) atoms. The Labute approximate surface area is 789 Å². The van der Waals surface area contributed by atoms with Gasteiger partial charge < -0.3 is 82.1 Å². The number of nitrogens with two attached hydrogens (primary N) is 4. The first kappa shape index (κ1) is 94.4. The number of amides is 4. The normalized spacial score (nSPS) is 15.2. The third-order valence-corrected chi connectivity index (χ3v) is 23.4. The predicted octanol–water partition coefficient (Wildman–Crippen LogP) is 14.4. The van der Waals surface area contributed by atoms with E-state index in [4.69, 9.17) is 60.8 Å². The number of nitrogens with one attached hydrogen (secondary N) is 4. The fourth-order valence-electron chi connectivity index (χ4n) is 16.8. The van der Waals surface area contributed by atoms with Crippen molar-refractivity contribution in [3.05, 3.63) is 263 Å². The Morgan fingerprint density at radius 1 is 0.391 bits per heavy atom. The number of rotatable bonds is 28. The Bertz CT molecular complexity index is 7180. The minimum Gasteiger partial charge on any atom is -0.491 e. The van der Waals surface area contributed by atoms with E-state index in [0.717, 1.165) is 64.8 Å². The maximum absolute atomic E-state index is 14.8. The summed E-state index contributed by atoms with van der Waals surface area (Å²) in [4.78, 5) is 86.3. The zero-order chi connectivity index (χ0) is 97.0. The molecule has 2 bridgehead atoms. The summed E-state index contributed by atoms with van der Waals surface area (Å²) in [6.45, 7) is 10.0. The number of anilines is 4. The van der Waals surface area contributed by atoms with Gasteiger partial charge in [-0.1, -0.05) is 37.3 Å². The number of benzene rings is 4. The molecule has 12 N–H and O–H groups in total. The first-order valence-corrected chi connectivity index (χ1v) is 44.5. The molecular formula is C99H101F3N24O12. The number of hydrogen-bond donors (Lipinski definition) is 8. The molecule has 0 radical (unpaired) electrons. The highest BCUT2D eigenvalue weighted by molar-refractivity contribution is 6.00. The van der Waals surface area contributed by atoms with E-state index in [0.29, 0.717) is 97.5 Å². The largest absolute Gasteiger partial charge is 0.491 e. The molecule has 710 valence electrons. The molecule has 3 aliphatic rings. The molecule has 0 spiro atoms. The zero-order valence-corrected chi connectivity index (χ0v) is 76.9. The monoisotopic (exact) mass is 1870 g/mol. The summed E-state index contributed by atoms with van der Waals surface area (Å²) in [5.41, 5.74) is 34.0. The van der Waals surface area contributed by atoms with Gasteiger partial charge in [-0.3, -0.25) is 19.2 Å². The average molecular weight is 1880 g/mol. The molecule has 5 unspecified atom stereocenters. The molecule has 5 atom stereocenters. The third-order valence-electron chi connectivity index (χ3n) is 23.4. The van der Waals surface area contributed by atoms with Gasteiger partial charge >= 0.3 is 0 Å². The van der Waals surface area contributed by atoms with Gasteiger partial charge in [-0.2, -0.15) is 19.9 Å². The molecule has 4 amide bonds. The number of nitrogens with zero attached hydrogens (tertiary/aromatic N) is 16. The van der Waals surface area contributed by atoms with Gasteiger partial charge in [-0.25, -0.2) is 51.2 Å². The van der Waals surface area contributed by atoms with E-state index in [2.05, 4.69) is 88.5 Å². The van der Waals surface area contributed by atoms with Crippen LogP contribution in [0, 0.1) is 35.2 Å². The van der Waals surface area contributed by atoms with Crippen molar-refractivity contribution in [1.82, 2.24) is 99.6 Å². The number of pyridine rings is 8. The van der Waals surface area contributed by atoms with Crippen LogP contribution in [0.2, 0.25) is 0 Å². The average Bonchev–Trinajstić information content (AvgIpc) is 1.44. The number of carbonyl (C=O) groups excluding carboxylic acids is 4. The summed E-state index contributed by atoms with van der Waals surface area (Å²) in [7, 11) is 5.80. The van der Waals surface area contributed by atoms with Crippen molar-refractivity contribution >= 4 is 70.0 Å². The number of nitrogen functional groups attached to an aromatic ring is 4. The molecule has 36 nitrogen and oxygen atoms in total. The van der Waals surface area contributed by atoms with Gasteiger partial charge in [-0.15, -0.1) is 20.4 Å². The van der Waals surface area contributed by atoms with Crippen LogP contribution in [0.1, 0.15) is 143 Å². The molecule has 4 aromatic carbocycles. The molecule has 19 rings (SSSR count). The fraction of sp³-hybridized carbons (Fsp3) is 0.273. The van der Waals surface area contributed by atoms with Gasteiger partial charge in [0.2, 0.25) is 47.3 Å². The van der Waals surface area contributed by atoms with Gasteiger partial charge in [0.25, 0.3) is 23.6 Å². The van der Waals surface area contributed by atoms with Crippen LogP contribution in [0.5, 0.6) is 46.5 Å². The van der Waals surface area contributed by atoms with Crippen molar-refractivity contribution in [2.24, 2.45) is 17.8 Å². The molecule has 0 saturated heterocycles. The highest BCUT2D eigenvalue weighted by Crippen LogP contribution is 2.47. The van der Waals surface area contributed by atoms with Crippen LogP contribution in [-0.2, 0) is 26.2 Å². The summed E-state index contributed by atoms with van der Waals surface area (Å²) >= 11 is 0. The van der Waals surface area contributed by atoms with Crippen molar-refractivity contribution in [3.8, 4) is 91.0 Å². The van der Waals surface area contributed by atoms with Gasteiger partial charge in [0.15, 0.2) is 22.6 Å². The van der Waals surface area contributed by atoms with E-state index >= 15 is 0 Å². The van der Waals surface area contributed by atoms with Gasteiger partial charge in [-0.05, 0) is 234 Å². The predicted molar refractivity (Wildman–Crippen MR) is 508 cm³/mol. The van der Waals surface area contributed by atoms with Crippen LogP contribution in [0.3, 0.4) is 0 Å². The lowest BCUT2D eigenvalue weighted by Crippen LogP contribution is -2.27. The third kappa shape index (κ3) is 22.3. The van der Waals surface area contributed by atoms with Crippen molar-refractivity contribution in [2.75, 3.05) is 51.4 Å². The van der Waals surface area contributed by atoms with Crippen molar-refractivity contribution in [1.29, 1.82) is 0 Å². The molecule has 39 heteroatoms. The lowest BCUT2D eigenvalue weighted by atomic mass is 9.97. The van der Waals surface area contributed by atoms with Crippen LogP contribution in [0.15, 0.2) is 201 Å². The lowest BCUT2D eigenvalue weighted by Gasteiger charge is -2.24. The van der Waals surface area contributed by atoms with Crippen LogP contribution >= 0.6 is 0 Å². The minimum atomic E-state index is -0.465. The number of fused-ring (bicyclic) bond motifs is 6. The first-order valence-electron chi connectivity index (χ1n) is 44.5. The second kappa shape index (κ2) is 42.2. The van der Waals surface area contributed by atoms with Crippen LogP contribution in [-0.4, -0.2) is 155 Å². The molecule has 3 fully saturated rings. The van der Waals surface area contributed by atoms with Gasteiger partial charge in [0, 0.05) is 120 Å². The quantitative estimate of drug-likeness (QED) is 0.0226. The highest BCUT2D eigenvalue weighted by atomic mass is 19.1. The number of methoxy groups -OCH3 is 4. The van der Waals surface area contributed by atoms with Crippen LogP contribution < -0.4 is 82.1 Å². The summed E-state index contributed by atoms with van der Waals surface area (Å²) in [5, 5.41) is 27.6. The molecule has 3 aliphatic carbocycles. The maximum Gasteiger partial charge on any atom is 0.257 e. The van der Waals surface area contributed by atoms with Crippen LogP contribution in [0.25, 0.3) is 67.1 Å². The van der Waals surface area contributed by atoms with Crippen LogP contribution in [0.4, 0.5) is 37.0 Å². The smallest absolute Gasteiger partial charge is 0.257 e. The lowest BCUT2D eigenvalue weighted by molar-refractivity contribution is 0.0937. The molecule has 3 saturated carbocycles. The highest BCUT2D eigenvalue weighted by Gasteiger charge is 2.41. The number of carbonyl (C=O) groups is 4. The van der Waals surface area contributed by atoms with Gasteiger partial charge in [0.1, 0.15) is 68.8 Å². The maximum atomic E-state index is 14.8. The first-order chi connectivity index (χ1) is 66.7. The van der Waals surface area contributed by atoms with E-state index in [1.807, 2.05) is 76.2 Å². The van der Waals surface area contributed by atoms with E-state index in [9.17, 15) is 32.3 Å². The second-order valence-corrected chi connectivity index (χ2v) is 33.7. The summed E-state index contributed by atoms with van der Waals surface area (Å²) in [5.74, 6) is 2.63. The summed E-state index contributed by atoms with van der Waals surface area (Å²) < 4.78 is 94.5. The Balaban J connectivity index is 0.000000133. The number of aromatic nitrogens is 16. The Hall–Kier alpha value is -16.8. The number of hydrogen-bond acceptors (Lipinski definition) is 28. The zero-order valence-electron chi connectivity index (χ0n) is 76.9. The Morgan fingerprint density at radius 2 is 0.775 bits per heavy atom. The number of ether oxygens (including phenoxy) is 8. The minimum absolute atomic E-state index is 0.0278. The fourth-order valence-corrected chi connectivity index (χ4v) is 16.8. The summed E-state index contributed by atoms with van der Waals surface area (Å²) in [6.07, 6.45) is 21.4. The van der Waals surface area contributed by atoms with E-state index in [-0.39, 0.29) is 120 Å². The SMILES string of the molecule is COc1ncc(-c2ccn3nc(N)nc3c2)cc1C(=O)NCc1c(F)cccc1OC(C)C.COc1ncc(-c2ccn3nc(N)nc3c2)cc1C(=O)NCc1c(F)cccc1OC1CC2CCC1C2.COc1ncc(-c2ccn3nc(N)nc3c2)cc1C(=O)NCc1cc(F)ccc1OC(C)C.COc1ncc(-c2ccn3nc(N)nc3c2)cc1C(=O)NCc1ccccc1OC1CCC(C)C1. The number of para-hydroxylation sites is 1. The number of halogens is 3. The second-order valence-electron chi connectivity index (χ2n) is 33.7. The van der Waals surface area contributed by atoms with E-state index in [1.54, 1.807) is 146 Å². The van der Waals surface area contributed by atoms with E-state index in [1.165, 1.54) is 72.0 Å². The molecule has 12 heterocycles. The Morgan fingerprint density at radius 3 is 1.16 bits per heavy atom. The van der Waals surface area contributed by atoms with Crippen molar-refractivity contribution in [3.63, 3.8) is 0 Å². The molecular weight excluding hydrogens is 1770 g/mol. The Kier molecular flexibility index (Phi) is 28.9. The van der Waals surface area contributed by atoms with E-state index < -0.39 is 35.2 Å². The standard InChI is InChI=1S/C27H27FN6O3.C26H28N6O3.2C23H23FN6O3/c1-36-26-19(11-18(13-31-26)16-7-8-34-24(12-16)32-27(29)33-34)25(35)30-14-20-21(28)3-2-4-22(20)37-23-10-15-5-6-17(23)9-15;1-16-7-8-20(11-16)35-22-6-4-3-5-18(22)14-28-24(33)21-12-19(15-29-25(21)34-2)17-9-10-32-23(13-17)30-26(27)31-32;1-13(2)33-19-5-4-17(24)8-16(19)12-26-21(31)18-9-15(11-27-22(18)32-3)14-6-7-30-20(10-14)28-23(25)29-30;1-13(2)33-19-6-4-5-18(24)17(19)12-26-21(31)16-9-15(11-27-22(16)32-3)14-7-8-30-20(10-14)28-23(25)29-30/h2-4,7-8,11-13,15,17,23H,5-6,9-10,14H2,1H3,(H2,29,33)(H,30,35);3-6,9-10,12-13,15-16,20H,7-8,11,14H2,1-2H3,(H2,27,31)(H,28,33);2*4-11,13H,12H2,1-3H3,(H2,25,29)(H,26,31).